The number of aliphatic hydroxyl groups is 1. The Hall–Kier alpha value is -1.46. The SMILES string of the molecule is O=C(N1CCCC(CO)C1)C1(c2ccc(F)cc2)CCOCC1. The molecule has 2 saturated heterocycles. The van der Waals surface area contributed by atoms with Gasteiger partial charge in [-0.2, -0.15) is 0 Å². The Morgan fingerprint density at radius 3 is 2.65 bits per heavy atom. The predicted octanol–water partition coefficient (Wildman–Crippen LogP) is 2.10. The van der Waals surface area contributed by atoms with Gasteiger partial charge in [-0.3, -0.25) is 4.79 Å². The summed E-state index contributed by atoms with van der Waals surface area (Å²) in [5.74, 6) is -0.0231. The van der Waals surface area contributed by atoms with E-state index in [1.54, 1.807) is 12.1 Å². The fraction of sp³-hybridized carbons (Fsp3) is 0.611. The average molecular weight is 321 g/mol. The van der Waals surface area contributed by atoms with Gasteiger partial charge < -0.3 is 14.7 Å². The smallest absolute Gasteiger partial charge is 0.233 e. The van der Waals surface area contributed by atoms with Crippen LogP contribution in [0.1, 0.15) is 31.2 Å². The number of rotatable bonds is 3. The Kier molecular flexibility index (Phi) is 4.97. The van der Waals surface area contributed by atoms with E-state index in [9.17, 15) is 14.3 Å². The van der Waals surface area contributed by atoms with Crippen molar-refractivity contribution in [1.82, 2.24) is 4.90 Å². The Labute approximate surface area is 136 Å². The fourth-order valence-corrected chi connectivity index (χ4v) is 3.82. The number of hydrogen-bond donors (Lipinski definition) is 1. The van der Waals surface area contributed by atoms with Gasteiger partial charge in [0.25, 0.3) is 0 Å². The molecular weight excluding hydrogens is 297 g/mol. The number of halogens is 1. The Morgan fingerprint density at radius 2 is 2.00 bits per heavy atom. The van der Waals surface area contributed by atoms with E-state index in [0.717, 1.165) is 24.9 Å². The van der Waals surface area contributed by atoms with E-state index in [0.29, 0.717) is 32.6 Å². The molecule has 2 heterocycles. The molecule has 4 nitrogen and oxygen atoms in total. The molecule has 2 aliphatic heterocycles. The number of piperidine rings is 1. The maximum Gasteiger partial charge on any atom is 0.233 e. The maximum absolute atomic E-state index is 13.3. The molecule has 2 aliphatic rings. The van der Waals surface area contributed by atoms with E-state index in [-0.39, 0.29) is 24.2 Å². The predicted molar refractivity (Wildman–Crippen MR) is 84.5 cm³/mol. The van der Waals surface area contributed by atoms with Crippen LogP contribution in [0.4, 0.5) is 4.39 Å². The number of nitrogens with zero attached hydrogens (tertiary/aromatic N) is 1. The molecule has 1 aromatic rings. The lowest BCUT2D eigenvalue weighted by Gasteiger charge is -2.42. The molecule has 3 rings (SSSR count). The van der Waals surface area contributed by atoms with E-state index in [1.165, 1.54) is 12.1 Å². The van der Waals surface area contributed by atoms with Gasteiger partial charge in [0.1, 0.15) is 5.82 Å². The van der Waals surface area contributed by atoms with Crippen LogP contribution in [-0.4, -0.2) is 48.8 Å². The van der Waals surface area contributed by atoms with Crippen molar-refractivity contribution < 1.29 is 19.0 Å². The van der Waals surface area contributed by atoms with Crippen molar-refractivity contribution >= 4 is 5.91 Å². The first kappa shape index (κ1) is 16.4. The molecule has 0 radical (unpaired) electrons. The van der Waals surface area contributed by atoms with Crippen LogP contribution in [0, 0.1) is 11.7 Å². The number of aliphatic hydroxyl groups excluding tert-OH is 1. The summed E-state index contributed by atoms with van der Waals surface area (Å²) < 4.78 is 18.7. The quantitative estimate of drug-likeness (QED) is 0.927. The molecule has 1 atom stereocenters. The van der Waals surface area contributed by atoms with Gasteiger partial charge >= 0.3 is 0 Å². The highest BCUT2D eigenvalue weighted by molar-refractivity contribution is 5.88. The lowest BCUT2D eigenvalue weighted by atomic mass is 9.72. The summed E-state index contributed by atoms with van der Waals surface area (Å²) in [7, 11) is 0. The summed E-state index contributed by atoms with van der Waals surface area (Å²) in [4.78, 5) is 15.2. The van der Waals surface area contributed by atoms with Crippen LogP contribution in [0.3, 0.4) is 0 Å². The first-order valence-corrected chi connectivity index (χ1v) is 8.40. The topological polar surface area (TPSA) is 49.8 Å². The van der Waals surface area contributed by atoms with Crippen molar-refractivity contribution in [3.05, 3.63) is 35.6 Å². The lowest BCUT2D eigenvalue weighted by Crippen LogP contribution is -2.52. The third-order valence-electron chi connectivity index (χ3n) is 5.22. The summed E-state index contributed by atoms with van der Waals surface area (Å²) >= 11 is 0. The number of ether oxygens (including phenoxy) is 1. The van der Waals surface area contributed by atoms with Crippen LogP contribution < -0.4 is 0 Å². The number of amides is 1. The first-order valence-electron chi connectivity index (χ1n) is 8.40. The van der Waals surface area contributed by atoms with Gasteiger partial charge in [-0.15, -0.1) is 0 Å². The zero-order chi connectivity index (χ0) is 16.3. The Morgan fingerprint density at radius 1 is 1.30 bits per heavy atom. The second-order valence-corrected chi connectivity index (χ2v) is 6.64. The molecule has 1 unspecified atom stereocenters. The normalized spacial score (nSPS) is 24.4. The summed E-state index contributed by atoms with van der Waals surface area (Å²) in [6, 6.07) is 6.30. The summed E-state index contributed by atoms with van der Waals surface area (Å²) in [5.41, 5.74) is 0.252. The largest absolute Gasteiger partial charge is 0.396 e. The molecule has 5 heteroatoms. The van der Waals surface area contributed by atoms with Crippen molar-refractivity contribution in [2.75, 3.05) is 32.9 Å². The highest BCUT2D eigenvalue weighted by Gasteiger charge is 2.44. The molecule has 0 saturated carbocycles. The molecular formula is C18H24FNO3. The first-order chi connectivity index (χ1) is 11.2. The summed E-state index contributed by atoms with van der Waals surface area (Å²) in [6.07, 6.45) is 3.13. The molecule has 126 valence electrons. The maximum atomic E-state index is 13.3. The van der Waals surface area contributed by atoms with Gasteiger partial charge in [-0.25, -0.2) is 4.39 Å². The molecule has 1 amide bonds. The highest BCUT2D eigenvalue weighted by atomic mass is 19.1. The van der Waals surface area contributed by atoms with E-state index >= 15 is 0 Å². The Bertz CT molecular complexity index is 540. The number of carbonyl (C=O) groups excluding carboxylic acids is 1. The van der Waals surface area contributed by atoms with Crippen molar-refractivity contribution in [1.29, 1.82) is 0 Å². The number of benzene rings is 1. The van der Waals surface area contributed by atoms with Gasteiger partial charge in [0.2, 0.25) is 5.91 Å². The molecule has 0 aromatic heterocycles. The lowest BCUT2D eigenvalue weighted by molar-refractivity contribution is -0.143. The van der Waals surface area contributed by atoms with Crippen LogP contribution in [0.5, 0.6) is 0 Å². The third-order valence-corrected chi connectivity index (χ3v) is 5.22. The summed E-state index contributed by atoms with van der Waals surface area (Å²) in [6.45, 7) is 2.55. The van der Waals surface area contributed by atoms with Gasteiger partial charge in [-0.1, -0.05) is 12.1 Å². The van der Waals surface area contributed by atoms with Crippen molar-refractivity contribution in [2.24, 2.45) is 5.92 Å². The third kappa shape index (κ3) is 3.26. The van der Waals surface area contributed by atoms with Crippen LogP contribution >= 0.6 is 0 Å². The van der Waals surface area contributed by atoms with E-state index in [1.807, 2.05) is 4.90 Å². The standard InChI is InChI=1S/C18H24FNO3/c19-16-5-3-15(4-6-16)18(7-10-23-11-8-18)17(22)20-9-1-2-14(12-20)13-21/h3-6,14,21H,1-2,7-13H2. The second-order valence-electron chi connectivity index (χ2n) is 6.64. The minimum Gasteiger partial charge on any atom is -0.396 e. The number of carbonyl (C=O) groups is 1. The minimum absolute atomic E-state index is 0.102. The van der Waals surface area contributed by atoms with Crippen molar-refractivity contribution in [3.8, 4) is 0 Å². The zero-order valence-corrected chi connectivity index (χ0v) is 13.3. The van der Waals surface area contributed by atoms with Crippen molar-refractivity contribution in [3.63, 3.8) is 0 Å². The molecule has 1 aromatic carbocycles. The second kappa shape index (κ2) is 6.97. The van der Waals surface area contributed by atoms with Crippen molar-refractivity contribution in [2.45, 2.75) is 31.1 Å². The van der Waals surface area contributed by atoms with Crippen LogP contribution in [-0.2, 0) is 14.9 Å². The molecule has 0 bridgehead atoms. The van der Waals surface area contributed by atoms with Gasteiger partial charge in [0.05, 0.1) is 5.41 Å². The van der Waals surface area contributed by atoms with Crippen LogP contribution in [0.25, 0.3) is 0 Å². The van der Waals surface area contributed by atoms with Gasteiger partial charge in [0.15, 0.2) is 0 Å². The van der Waals surface area contributed by atoms with Gasteiger partial charge in [0, 0.05) is 32.9 Å². The summed E-state index contributed by atoms with van der Waals surface area (Å²) in [5, 5.41) is 9.41. The van der Waals surface area contributed by atoms with Crippen LogP contribution in [0.15, 0.2) is 24.3 Å². The monoisotopic (exact) mass is 321 g/mol. The Balaban J connectivity index is 1.89. The highest BCUT2D eigenvalue weighted by Crippen LogP contribution is 2.38. The molecule has 2 fully saturated rings. The molecule has 0 aliphatic carbocycles. The minimum atomic E-state index is -0.622. The number of hydrogen-bond acceptors (Lipinski definition) is 3. The zero-order valence-electron chi connectivity index (χ0n) is 13.3. The molecule has 0 spiro atoms. The van der Waals surface area contributed by atoms with E-state index < -0.39 is 5.41 Å². The van der Waals surface area contributed by atoms with E-state index in [4.69, 9.17) is 4.74 Å². The fourth-order valence-electron chi connectivity index (χ4n) is 3.82. The average Bonchev–Trinajstić information content (AvgIpc) is 2.62. The molecule has 1 N–H and O–H groups in total. The van der Waals surface area contributed by atoms with Crippen LogP contribution in [0.2, 0.25) is 0 Å². The molecule has 23 heavy (non-hydrogen) atoms. The number of likely N-dealkylation sites (tertiary alicyclic amines) is 1. The van der Waals surface area contributed by atoms with E-state index in [2.05, 4.69) is 0 Å². The van der Waals surface area contributed by atoms with Gasteiger partial charge in [-0.05, 0) is 49.3 Å².